The molecule has 9 nitrogen and oxygen atoms in total. The summed E-state index contributed by atoms with van der Waals surface area (Å²) in [5.74, 6) is -2.53. The Morgan fingerprint density at radius 1 is 1.09 bits per heavy atom. The molecule has 0 spiro atoms. The highest BCUT2D eigenvalue weighted by atomic mass is 35.5. The van der Waals surface area contributed by atoms with E-state index in [0.29, 0.717) is 44.2 Å². The van der Waals surface area contributed by atoms with Crippen LogP contribution in [-0.4, -0.2) is 41.2 Å². The minimum absolute atomic E-state index is 0.0997. The summed E-state index contributed by atoms with van der Waals surface area (Å²) in [7, 11) is 1.64. The maximum atomic E-state index is 15.6. The first-order chi connectivity index (χ1) is 24.9. The number of anilines is 1. The molecular formula is C37H32ClF6N7O2. The lowest BCUT2D eigenvalue weighted by atomic mass is 9.73. The lowest BCUT2D eigenvalue weighted by molar-refractivity contribution is -0.123. The number of hydrogen-bond donors (Lipinski definition) is 3. The van der Waals surface area contributed by atoms with Crippen molar-refractivity contribution in [2.24, 2.45) is 13.0 Å². The number of benzene rings is 2. The third-order valence-corrected chi connectivity index (χ3v) is 9.96. The summed E-state index contributed by atoms with van der Waals surface area (Å²) in [6.07, 6.45) is -2.96. The normalized spacial score (nSPS) is 18.0. The van der Waals surface area contributed by atoms with Crippen LogP contribution in [0.25, 0.3) is 22.0 Å². The van der Waals surface area contributed by atoms with Crippen LogP contribution >= 0.6 is 11.6 Å². The zero-order chi connectivity index (χ0) is 38.1. The molecule has 0 unspecified atom stereocenters. The summed E-state index contributed by atoms with van der Waals surface area (Å²) in [6, 6.07) is 8.04. The van der Waals surface area contributed by atoms with Crippen molar-refractivity contribution in [3.05, 3.63) is 93.0 Å². The van der Waals surface area contributed by atoms with Crippen molar-refractivity contribution < 1.29 is 36.2 Å². The number of nitrogens with zero attached hydrogens (tertiary/aromatic N) is 5. The van der Waals surface area contributed by atoms with Gasteiger partial charge in [-0.15, -0.1) is 0 Å². The number of hydrogen-bond acceptors (Lipinski definition) is 6. The fourth-order valence-electron chi connectivity index (χ4n) is 7.38. The van der Waals surface area contributed by atoms with Crippen molar-refractivity contribution in [3.8, 4) is 23.0 Å². The predicted molar refractivity (Wildman–Crippen MR) is 184 cm³/mol. The van der Waals surface area contributed by atoms with E-state index in [-0.39, 0.29) is 41.2 Å². The average molecular weight is 756 g/mol. The lowest BCUT2D eigenvalue weighted by Crippen LogP contribution is -2.36. The van der Waals surface area contributed by atoms with Crippen molar-refractivity contribution >= 4 is 34.2 Å². The fourth-order valence-corrected chi connectivity index (χ4v) is 7.63. The highest BCUT2D eigenvalue weighted by Crippen LogP contribution is 2.63. The van der Waals surface area contributed by atoms with Gasteiger partial charge in [0.05, 0.1) is 27.7 Å². The molecule has 4 N–H and O–H groups in total. The molecule has 3 aromatic heterocycles. The van der Waals surface area contributed by atoms with E-state index in [2.05, 4.69) is 27.4 Å². The second-order valence-corrected chi connectivity index (χ2v) is 14.3. The largest absolute Gasteiger partial charge is 0.382 e. The van der Waals surface area contributed by atoms with Gasteiger partial charge < -0.3 is 16.2 Å². The molecule has 2 aliphatic carbocycles. The maximum absolute atomic E-state index is 15.6. The van der Waals surface area contributed by atoms with E-state index in [9.17, 15) is 27.5 Å². The van der Waals surface area contributed by atoms with Gasteiger partial charge in [-0.2, -0.15) is 19.0 Å². The maximum Gasteiger partial charge on any atom is 0.293 e. The number of nitrogens with two attached hydrogens (primary N) is 1. The van der Waals surface area contributed by atoms with Crippen molar-refractivity contribution in [2.75, 3.05) is 5.73 Å². The third kappa shape index (κ3) is 6.59. The zero-order valence-electron chi connectivity index (χ0n) is 28.5. The van der Waals surface area contributed by atoms with Gasteiger partial charge in [-0.25, -0.2) is 22.5 Å². The summed E-state index contributed by atoms with van der Waals surface area (Å²) in [4.78, 5) is 18.6. The number of aryl methyl sites for hydroxylation is 1. The number of aromatic nitrogens is 5. The molecule has 3 atom stereocenters. The Balaban J connectivity index is 1.37. The van der Waals surface area contributed by atoms with Gasteiger partial charge in [0.15, 0.2) is 5.82 Å². The van der Waals surface area contributed by atoms with E-state index in [1.807, 2.05) is 0 Å². The molecule has 1 saturated carbocycles. The van der Waals surface area contributed by atoms with Crippen LogP contribution in [-0.2, 0) is 30.7 Å². The van der Waals surface area contributed by atoms with Crippen LogP contribution in [0.3, 0.4) is 0 Å². The van der Waals surface area contributed by atoms with Crippen LogP contribution in [0.15, 0.2) is 42.5 Å². The number of amides is 1. The molecule has 1 fully saturated rings. The smallest absolute Gasteiger partial charge is 0.293 e. The molecule has 0 radical (unpaired) electrons. The highest BCUT2D eigenvalue weighted by molar-refractivity contribution is 6.37. The lowest BCUT2D eigenvalue weighted by Gasteiger charge is -2.34. The van der Waals surface area contributed by atoms with Gasteiger partial charge in [0, 0.05) is 35.7 Å². The molecule has 276 valence electrons. The van der Waals surface area contributed by atoms with E-state index in [0.717, 1.165) is 12.1 Å². The van der Waals surface area contributed by atoms with Gasteiger partial charge in [0.1, 0.15) is 40.9 Å². The molecule has 0 bridgehead atoms. The van der Waals surface area contributed by atoms with E-state index in [4.69, 9.17) is 22.3 Å². The standard InChI is InChI=1S/C37H32ClF6N7O2/c1-36(2,53)11-10-20-4-5-21(22-7-9-25(38)29-32(22)50(3)49-35(29)45)30(46-20)26(14-17-12-18(39)15-19(40)13-17)47-27(52)16-51-33-28(31(48-51)34(41)42)23-6-8-24(23)37(33,43)44/h4-5,7,9,12-13,15,23-24,26,34,53H,6,8,14,16H2,1-3H3,(H2,45,49)(H,47,52)/t23-,24+,26-/m0/s1. The number of nitrogen functional groups attached to an aromatic ring is 1. The molecule has 2 aromatic carbocycles. The molecule has 7 rings (SSSR count). The molecule has 2 aliphatic rings. The van der Waals surface area contributed by atoms with Crippen LogP contribution in [0.4, 0.5) is 32.2 Å². The summed E-state index contributed by atoms with van der Waals surface area (Å²) >= 11 is 6.51. The molecule has 0 aliphatic heterocycles. The first-order valence-electron chi connectivity index (χ1n) is 16.6. The number of pyridine rings is 1. The summed E-state index contributed by atoms with van der Waals surface area (Å²) in [5, 5.41) is 21.8. The molecule has 0 saturated heterocycles. The number of nitrogens with one attached hydrogen (secondary N) is 1. The Labute approximate surface area is 304 Å². The number of halogens is 7. The Morgan fingerprint density at radius 3 is 2.43 bits per heavy atom. The van der Waals surface area contributed by atoms with Crippen molar-refractivity contribution in [1.82, 2.24) is 29.9 Å². The van der Waals surface area contributed by atoms with Crippen molar-refractivity contribution in [2.45, 2.75) is 69.6 Å². The molecular weight excluding hydrogens is 724 g/mol. The third-order valence-electron chi connectivity index (χ3n) is 9.65. The van der Waals surface area contributed by atoms with Gasteiger partial charge >= 0.3 is 0 Å². The van der Waals surface area contributed by atoms with E-state index >= 15 is 8.78 Å². The molecule has 16 heteroatoms. The number of alkyl halides is 4. The zero-order valence-corrected chi connectivity index (χ0v) is 29.2. The van der Waals surface area contributed by atoms with Gasteiger partial charge in [0.25, 0.3) is 12.3 Å². The summed E-state index contributed by atoms with van der Waals surface area (Å²) in [6.45, 7) is 2.07. The van der Waals surface area contributed by atoms with Gasteiger partial charge in [-0.05, 0) is 80.8 Å². The second-order valence-electron chi connectivity index (χ2n) is 13.9. The Morgan fingerprint density at radius 2 is 1.79 bits per heavy atom. The van der Waals surface area contributed by atoms with Crippen LogP contribution in [0, 0.1) is 29.4 Å². The molecule has 53 heavy (non-hydrogen) atoms. The van der Waals surface area contributed by atoms with Crippen molar-refractivity contribution in [3.63, 3.8) is 0 Å². The summed E-state index contributed by atoms with van der Waals surface area (Å²) < 4.78 is 90.4. The van der Waals surface area contributed by atoms with Crippen molar-refractivity contribution in [1.29, 1.82) is 0 Å². The molecule has 5 aromatic rings. The predicted octanol–water partition coefficient (Wildman–Crippen LogP) is 7.10. The minimum atomic E-state index is -3.48. The number of aliphatic hydroxyl groups is 1. The SMILES string of the molecule is Cn1nc(N)c2c(Cl)ccc(-c3ccc(C#CC(C)(C)O)nc3[C@H](Cc3cc(F)cc(F)c3)NC(=O)Cn3nc(C(F)F)c4c3C(F)(F)[C@@H]3CC[C@H]43)c21. The average Bonchev–Trinajstić information content (AvgIpc) is 3.60. The first kappa shape index (κ1) is 36.3. The Hall–Kier alpha value is -5.07. The molecule has 1 amide bonds. The van der Waals surface area contributed by atoms with Crippen LogP contribution < -0.4 is 11.1 Å². The highest BCUT2D eigenvalue weighted by Gasteiger charge is 2.62. The monoisotopic (exact) mass is 755 g/mol. The van der Waals surface area contributed by atoms with E-state index in [1.54, 1.807) is 31.3 Å². The van der Waals surface area contributed by atoms with Crippen LogP contribution in [0.2, 0.25) is 5.02 Å². The van der Waals surface area contributed by atoms with Gasteiger partial charge in [0.2, 0.25) is 5.91 Å². The van der Waals surface area contributed by atoms with Gasteiger partial charge in [-0.1, -0.05) is 23.6 Å². The molecule has 3 heterocycles. The minimum Gasteiger partial charge on any atom is -0.382 e. The topological polar surface area (TPSA) is 124 Å². The van der Waals surface area contributed by atoms with Crippen LogP contribution in [0.5, 0.6) is 0 Å². The second kappa shape index (κ2) is 13.1. The fraction of sp³-hybridized carbons (Fsp3) is 0.351. The van der Waals surface area contributed by atoms with E-state index < -0.39 is 71.3 Å². The van der Waals surface area contributed by atoms with Gasteiger partial charge in [-0.3, -0.25) is 14.2 Å². The first-order valence-corrected chi connectivity index (χ1v) is 17.0. The Bertz CT molecular complexity index is 2340. The quantitative estimate of drug-likeness (QED) is 0.115. The number of fused-ring (bicyclic) bond motifs is 4. The number of carbonyl (C=O) groups is 1. The summed E-state index contributed by atoms with van der Waals surface area (Å²) in [5.41, 5.74) is 4.79. The van der Waals surface area contributed by atoms with E-state index in [1.165, 1.54) is 18.5 Å². The van der Waals surface area contributed by atoms with Crippen LogP contribution in [0.1, 0.15) is 79.0 Å². The Kier molecular flexibility index (Phi) is 8.97. The number of carbonyl (C=O) groups excluding carboxylic acids is 1. The number of rotatable bonds is 8.